The van der Waals surface area contributed by atoms with E-state index in [4.69, 9.17) is 28.6 Å². The van der Waals surface area contributed by atoms with E-state index in [2.05, 4.69) is 0 Å². The van der Waals surface area contributed by atoms with Gasteiger partial charge in [-0.15, -0.1) is 0 Å². The van der Waals surface area contributed by atoms with E-state index in [0.29, 0.717) is 39.1 Å². The first-order valence-corrected chi connectivity index (χ1v) is 10.8. The summed E-state index contributed by atoms with van der Waals surface area (Å²) in [6, 6.07) is 9.71. The second-order valence-electron chi connectivity index (χ2n) is 5.76. The van der Waals surface area contributed by atoms with Gasteiger partial charge in [0.25, 0.3) is 0 Å². The van der Waals surface area contributed by atoms with E-state index in [1.165, 1.54) is 0 Å². The average Bonchev–Trinajstić information content (AvgIpc) is 2.66. The van der Waals surface area contributed by atoms with Crippen LogP contribution in [-0.2, 0) is 13.3 Å². The molecule has 1 rings (SSSR count). The van der Waals surface area contributed by atoms with Crippen LogP contribution in [0.15, 0.2) is 30.3 Å². The van der Waals surface area contributed by atoms with Crippen molar-refractivity contribution < 1.29 is 28.6 Å². The summed E-state index contributed by atoms with van der Waals surface area (Å²) >= 11 is 0. The van der Waals surface area contributed by atoms with Crippen LogP contribution >= 0.6 is 0 Å². The Labute approximate surface area is 151 Å². The number of rotatable bonds is 16. The molecule has 1 aromatic carbocycles. The maximum Gasteiger partial charge on any atom is 0.537 e. The molecule has 0 unspecified atom stereocenters. The van der Waals surface area contributed by atoms with Crippen LogP contribution < -0.4 is 5.19 Å². The number of hydrogen-bond donors (Lipinski definition) is 3. The predicted octanol–water partition coefficient (Wildman–Crippen LogP) is 1.20. The molecule has 0 saturated carbocycles. The fraction of sp³-hybridized carbons (Fsp3) is 0.667. The molecule has 0 aliphatic carbocycles. The van der Waals surface area contributed by atoms with Gasteiger partial charge in [-0.05, 0) is 38.5 Å². The minimum absolute atomic E-state index is 0.137. The van der Waals surface area contributed by atoms with Crippen LogP contribution in [0.3, 0.4) is 0 Å². The highest BCUT2D eigenvalue weighted by molar-refractivity contribution is 6.75. The Balaban J connectivity index is 2.82. The molecular formula is C18H32O6Si. The molecule has 1 aromatic rings. The van der Waals surface area contributed by atoms with Gasteiger partial charge in [-0.2, -0.15) is 0 Å². The smallest absolute Gasteiger partial charge is 0.396 e. The van der Waals surface area contributed by atoms with Gasteiger partial charge in [-0.3, -0.25) is 0 Å². The SMILES string of the molecule is OCCCCO[Si](OCCCCO)(OCCCCO)c1ccccc1. The van der Waals surface area contributed by atoms with Crippen molar-refractivity contribution in [2.45, 2.75) is 38.5 Å². The largest absolute Gasteiger partial charge is 0.537 e. The Bertz CT molecular complexity index is 386. The first kappa shape index (κ1) is 22.2. The third-order valence-electron chi connectivity index (χ3n) is 3.66. The summed E-state index contributed by atoms with van der Waals surface area (Å²) < 4.78 is 18.4. The summed E-state index contributed by atoms with van der Waals surface area (Å²) in [5.41, 5.74) is 0. The monoisotopic (exact) mass is 372 g/mol. The minimum Gasteiger partial charge on any atom is -0.396 e. The second kappa shape index (κ2) is 14.4. The molecule has 25 heavy (non-hydrogen) atoms. The highest BCUT2D eigenvalue weighted by atomic mass is 28.4. The highest BCUT2D eigenvalue weighted by Gasteiger charge is 2.43. The van der Waals surface area contributed by atoms with E-state index in [0.717, 1.165) is 24.4 Å². The summed E-state index contributed by atoms with van der Waals surface area (Å²) in [7, 11) is -3.07. The molecular weight excluding hydrogens is 340 g/mol. The Morgan fingerprint density at radius 1 is 0.600 bits per heavy atom. The average molecular weight is 373 g/mol. The van der Waals surface area contributed by atoms with Crippen LogP contribution in [0, 0.1) is 0 Å². The van der Waals surface area contributed by atoms with E-state index < -0.39 is 8.80 Å². The molecule has 0 aliphatic heterocycles. The maximum atomic E-state index is 8.96. The molecule has 6 nitrogen and oxygen atoms in total. The van der Waals surface area contributed by atoms with Crippen LogP contribution in [0.1, 0.15) is 38.5 Å². The third kappa shape index (κ3) is 8.91. The van der Waals surface area contributed by atoms with Crippen LogP contribution in [0.25, 0.3) is 0 Å². The quantitative estimate of drug-likeness (QED) is 0.298. The molecule has 0 aromatic heterocycles. The van der Waals surface area contributed by atoms with Crippen molar-refractivity contribution in [1.29, 1.82) is 0 Å². The molecule has 0 bridgehead atoms. The van der Waals surface area contributed by atoms with E-state index in [9.17, 15) is 0 Å². The Morgan fingerprint density at radius 2 is 1.00 bits per heavy atom. The lowest BCUT2D eigenvalue weighted by Gasteiger charge is -2.30. The van der Waals surface area contributed by atoms with Gasteiger partial charge in [-0.1, -0.05) is 30.3 Å². The molecule has 0 amide bonds. The van der Waals surface area contributed by atoms with Crippen molar-refractivity contribution >= 4 is 14.0 Å². The van der Waals surface area contributed by atoms with Crippen molar-refractivity contribution in [3.05, 3.63) is 30.3 Å². The lowest BCUT2D eigenvalue weighted by molar-refractivity contribution is 0.0659. The van der Waals surface area contributed by atoms with Crippen LogP contribution in [0.2, 0.25) is 0 Å². The van der Waals surface area contributed by atoms with Gasteiger partial charge < -0.3 is 28.6 Å². The lowest BCUT2D eigenvalue weighted by Crippen LogP contribution is -2.57. The zero-order chi connectivity index (χ0) is 18.2. The number of unbranched alkanes of at least 4 members (excludes halogenated alkanes) is 3. The van der Waals surface area contributed by atoms with Gasteiger partial charge in [0.15, 0.2) is 0 Å². The number of benzene rings is 1. The molecule has 3 N–H and O–H groups in total. The van der Waals surface area contributed by atoms with E-state index in [1.54, 1.807) is 0 Å². The first-order valence-electron chi connectivity index (χ1n) is 9.09. The fourth-order valence-electron chi connectivity index (χ4n) is 2.28. The molecule has 0 heterocycles. The molecule has 0 spiro atoms. The van der Waals surface area contributed by atoms with Gasteiger partial charge in [0.2, 0.25) is 0 Å². The van der Waals surface area contributed by atoms with Crippen LogP contribution in [0.4, 0.5) is 0 Å². The van der Waals surface area contributed by atoms with Gasteiger partial charge in [-0.25, -0.2) is 0 Å². The summed E-state index contributed by atoms with van der Waals surface area (Å²) in [5, 5.41) is 27.8. The number of hydrogen-bond acceptors (Lipinski definition) is 6. The molecule has 0 radical (unpaired) electrons. The van der Waals surface area contributed by atoms with Crippen molar-refractivity contribution in [1.82, 2.24) is 0 Å². The van der Waals surface area contributed by atoms with E-state index in [1.807, 2.05) is 30.3 Å². The molecule has 0 saturated heterocycles. The second-order valence-corrected chi connectivity index (χ2v) is 8.32. The van der Waals surface area contributed by atoms with E-state index >= 15 is 0 Å². The van der Waals surface area contributed by atoms with Crippen LogP contribution in [0.5, 0.6) is 0 Å². The molecule has 0 atom stereocenters. The predicted molar refractivity (Wildman–Crippen MR) is 98.6 cm³/mol. The normalized spacial score (nSPS) is 11.8. The van der Waals surface area contributed by atoms with Gasteiger partial charge >= 0.3 is 8.80 Å². The number of aliphatic hydroxyl groups is 3. The van der Waals surface area contributed by atoms with Crippen molar-refractivity contribution in [3.63, 3.8) is 0 Å². The molecule has 0 aliphatic rings. The molecule has 144 valence electrons. The van der Waals surface area contributed by atoms with Gasteiger partial charge in [0, 0.05) is 44.8 Å². The zero-order valence-electron chi connectivity index (χ0n) is 14.9. The topological polar surface area (TPSA) is 88.4 Å². The summed E-state index contributed by atoms with van der Waals surface area (Å²) in [6.07, 6.45) is 4.23. The third-order valence-corrected chi connectivity index (χ3v) is 6.45. The minimum atomic E-state index is -3.07. The van der Waals surface area contributed by atoms with Gasteiger partial charge in [0.05, 0.1) is 0 Å². The van der Waals surface area contributed by atoms with Crippen molar-refractivity contribution in [2.75, 3.05) is 39.6 Å². The Kier molecular flexibility index (Phi) is 12.8. The maximum absolute atomic E-state index is 8.96. The van der Waals surface area contributed by atoms with Crippen molar-refractivity contribution in [3.8, 4) is 0 Å². The van der Waals surface area contributed by atoms with E-state index in [-0.39, 0.29) is 19.8 Å². The van der Waals surface area contributed by atoms with Crippen molar-refractivity contribution in [2.24, 2.45) is 0 Å². The highest BCUT2D eigenvalue weighted by Crippen LogP contribution is 2.14. The zero-order valence-corrected chi connectivity index (χ0v) is 15.9. The summed E-state index contributed by atoms with van der Waals surface area (Å²) in [6.45, 7) is 1.79. The summed E-state index contributed by atoms with van der Waals surface area (Å²) in [5.74, 6) is 0. The van der Waals surface area contributed by atoms with Gasteiger partial charge in [0.1, 0.15) is 0 Å². The summed E-state index contributed by atoms with van der Waals surface area (Å²) in [4.78, 5) is 0. The molecule has 0 fully saturated rings. The first-order chi connectivity index (χ1) is 12.3. The number of aliphatic hydroxyl groups excluding tert-OH is 3. The lowest BCUT2D eigenvalue weighted by atomic mass is 10.3. The Hall–Kier alpha value is -0.803. The molecule has 7 heteroatoms. The Morgan fingerprint density at radius 3 is 1.36 bits per heavy atom. The standard InChI is InChI=1S/C18H32O6Si/c19-12-4-7-15-22-25(23-16-8-5-13-20,24-17-9-6-14-21)18-10-2-1-3-11-18/h1-3,10-11,19-21H,4-9,12-17H2. The fourth-order valence-corrected chi connectivity index (χ4v) is 4.87. The van der Waals surface area contributed by atoms with Crippen LogP contribution in [-0.4, -0.2) is 63.8 Å².